The van der Waals surface area contributed by atoms with E-state index in [2.05, 4.69) is 15.6 Å². The fourth-order valence-electron chi connectivity index (χ4n) is 4.15. The number of thiocarbonyl (C=S) groups is 1. The van der Waals surface area contributed by atoms with Gasteiger partial charge in [-0.1, -0.05) is 49.6 Å². The number of benzene rings is 2. The van der Waals surface area contributed by atoms with Gasteiger partial charge < -0.3 is 15.4 Å². The monoisotopic (exact) mass is 435 g/mol. The summed E-state index contributed by atoms with van der Waals surface area (Å²) in [6, 6.07) is 20.1. The van der Waals surface area contributed by atoms with Crippen molar-refractivity contribution in [2.45, 2.75) is 37.5 Å². The van der Waals surface area contributed by atoms with Gasteiger partial charge in [-0.3, -0.25) is 0 Å². The Morgan fingerprint density at radius 3 is 2.39 bits per heavy atom. The number of hydrogen-bond donors (Lipinski definition) is 2. The summed E-state index contributed by atoms with van der Waals surface area (Å²) in [6.07, 6.45) is 7.43. The maximum Gasteiger partial charge on any atom is 0.219 e. The molecule has 1 aromatic heterocycles. The van der Waals surface area contributed by atoms with Crippen LogP contribution < -0.4 is 15.4 Å². The molecule has 0 amide bonds. The molecule has 3 aromatic rings. The van der Waals surface area contributed by atoms with Crippen LogP contribution in [-0.4, -0.2) is 16.6 Å². The first-order valence-electron chi connectivity index (χ1n) is 10.6. The molecule has 0 radical (unpaired) electrons. The SMILES string of the molecule is Fc1ccc(C2(CNC(=S)Nc3ccc(Oc4ccccc4)nc3)CCCCC2)cc1. The van der Waals surface area contributed by atoms with Crippen LogP contribution in [0.4, 0.5) is 10.1 Å². The average Bonchev–Trinajstić information content (AvgIpc) is 2.81. The van der Waals surface area contributed by atoms with E-state index in [0.29, 0.717) is 17.5 Å². The second kappa shape index (κ2) is 9.88. The van der Waals surface area contributed by atoms with Gasteiger partial charge in [0, 0.05) is 18.0 Å². The van der Waals surface area contributed by atoms with Crippen LogP contribution in [0.3, 0.4) is 0 Å². The minimum atomic E-state index is -0.202. The summed E-state index contributed by atoms with van der Waals surface area (Å²) < 4.78 is 19.1. The highest BCUT2D eigenvalue weighted by atomic mass is 32.1. The predicted molar refractivity (Wildman–Crippen MR) is 126 cm³/mol. The summed E-state index contributed by atoms with van der Waals surface area (Å²) in [4.78, 5) is 4.34. The molecule has 1 heterocycles. The number of hydrogen-bond acceptors (Lipinski definition) is 3. The van der Waals surface area contributed by atoms with E-state index >= 15 is 0 Å². The summed E-state index contributed by atoms with van der Waals surface area (Å²) in [5.74, 6) is 1.06. The summed E-state index contributed by atoms with van der Waals surface area (Å²) in [5.41, 5.74) is 1.94. The van der Waals surface area contributed by atoms with E-state index in [-0.39, 0.29) is 11.2 Å². The zero-order chi connectivity index (χ0) is 21.5. The number of para-hydroxylation sites is 1. The lowest BCUT2D eigenvalue weighted by molar-refractivity contribution is 0.292. The number of ether oxygens (including phenoxy) is 1. The molecule has 4 nitrogen and oxygen atoms in total. The highest BCUT2D eigenvalue weighted by molar-refractivity contribution is 7.80. The van der Waals surface area contributed by atoms with Crippen LogP contribution in [0.1, 0.15) is 37.7 Å². The van der Waals surface area contributed by atoms with Crippen molar-refractivity contribution >= 4 is 23.0 Å². The minimum absolute atomic E-state index is 0.0245. The van der Waals surface area contributed by atoms with Crippen LogP contribution in [0.5, 0.6) is 11.6 Å². The van der Waals surface area contributed by atoms with Crippen LogP contribution in [0.15, 0.2) is 72.9 Å². The highest BCUT2D eigenvalue weighted by Gasteiger charge is 2.34. The molecule has 6 heteroatoms. The van der Waals surface area contributed by atoms with E-state index in [1.807, 2.05) is 48.5 Å². The molecule has 0 spiro atoms. The van der Waals surface area contributed by atoms with E-state index in [4.69, 9.17) is 17.0 Å². The first-order valence-corrected chi connectivity index (χ1v) is 11.0. The van der Waals surface area contributed by atoms with Gasteiger partial charge in [0.25, 0.3) is 0 Å². The summed E-state index contributed by atoms with van der Waals surface area (Å²) in [5, 5.41) is 7.12. The van der Waals surface area contributed by atoms with Crippen LogP contribution in [0.25, 0.3) is 0 Å². The number of anilines is 1. The van der Waals surface area contributed by atoms with Gasteiger partial charge in [0.15, 0.2) is 5.11 Å². The van der Waals surface area contributed by atoms with Gasteiger partial charge in [-0.25, -0.2) is 9.37 Å². The van der Waals surface area contributed by atoms with Gasteiger partial charge in [0.2, 0.25) is 5.88 Å². The smallest absolute Gasteiger partial charge is 0.219 e. The average molecular weight is 436 g/mol. The number of halogens is 1. The lowest BCUT2D eigenvalue weighted by Crippen LogP contribution is -2.43. The van der Waals surface area contributed by atoms with E-state index in [0.717, 1.165) is 24.3 Å². The molecule has 1 aliphatic carbocycles. The largest absolute Gasteiger partial charge is 0.439 e. The predicted octanol–water partition coefficient (Wildman–Crippen LogP) is 6.20. The lowest BCUT2D eigenvalue weighted by atomic mass is 9.69. The van der Waals surface area contributed by atoms with Gasteiger partial charge in [0.05, 0.1) is 11.9 Å². The van der Waals surface area contributed by atoms with Crippen molar-refractivity contribution in [3.63, 3.8) is 0 Å². The Morgan fingerprint density at radius 2 is 1.71 bits per heavy atom. The zero-order valence-electron chi connectivity index (χ0n) is 17.3. The Balaban J connectivity index is 1.35. The van der Waals surface area contributed by atoms with Crippen molar-refractivity contribution in [3.8, 4) is 11.6 Å². The molecule has 4 rings (SSSR count). The summed E-state index contributed by atoms with van der Waals surface area (Å²) in [6.45, 7) is 0.715. The van der Waals surface area contributed by atoms with E-state index < -0.39 is 0 Å². The molecule has 0 saturated heterocycles. The molecule has 1 fully saturated rings. The Morgan fingerprint density at radius 1 is 0.968 bits per heavy atom. The number of nitrogens with zero attached hydrogens (tertiary/aromatic N) is 1. The normalized spacial score (nSPS) is 15.1. The Hall–Kier alpha value is -2.99. The third-order valence-corrected chi connectivity index (χ3v) is 6.06. The number of aromatic nitrogens is 1. The van der Waals surface area contributed by atoms with E-state index in [1.54, 1.807) is 24.4 Å². The first-order chi connectivity index (χ1) is 15.1. The van der Waals surface area contributed by atoms with Crippen molar-refractivity contribution < 1.29 is 9.13 Å². The number of nitrogens with one attached hydrogen (secondary N) is 2. The lowest BCUT2D eigenvalue weighted by Gasteiger charge is -2.38. The Kier molecular flexibility index (Phi) is 6.77. The molecule has 160 valence electrons. The molecule has 31 heavy (non-hydrogen) atoms. The molecule has 0 atom stereocenters. The van der Waals surface area contributed by atoms with Gasteiger partial charge in [-0.15, -0.1) is 0 Å². The Labute approximate surface area is 187 Å². The van der Waals surface area contributed by atoms with Crippen LogP contribution in [0, 0.1) is 5.82 Å². The maximum absolute atomic E-state index is 13.4. The van der Waals surface area contributed by atoms with E-state index in [1.165, 1.54) is 24.8 Å². The molecule has 0 bridgehead atoms. The fourth-order valence-corrected chi connectivity index (χ4v) is 4.34. The van der Waals surface area contributed by atoms with Crippen molar-refractivity contribution in [3.05, 3.63) is 84.3 Å². The van der Waals surface area contributed by atoms with Gasteiger partial charge in [0.1, 0.15) is 11.6 Å². The van der Waals surface area contributed by atoms with Crippen LogP contribution in [-0.2, 0) is 5.41 Å². The maximum atomic E-state index is 13.4. The molecule has 1 saturated carbocycles. The quantitative estimate of drug-likeness (QED) is 0.451. The fraction of sp³-hybridized carbons (Fsp3) is 0.280. The van der Waals surface area contributed by atoms with Gasteiger partial charge in [-0.05, 0) is 61.0 Å². The van der Waals surface area contributed by atoms with E-state index in [9.17, 15) is 4.39 Å². The Bertz CT molecular complexity index is 988. The third-order valence-electron chi connectivity index (χ3n) is 5.81. The molecular formula is C25H26FN3OS. The second-order valence-corrected chi connectivity index (χ2v) is 8.36. The van der Waals surface area contributed by atoms with Crippen LogP contribution >= 0.6 is 12.2 Å². The minimum Gasteiger partial charge on any atom is -0.439 e. The molecule has 0 unspecified atom stereocenters. The zero-order valence-corrected chi connectivity index (χ0v) is 18.1. The summed E-state index contributed by atoms with van der Waals surface area (Å²) >= 11 is 5.52. The molecule has 2 N–H and O–H groups in total. The second-order valence-electron chi connectivity index (χ2n) is 7.96. The van der Waals surface area contributed by atoms with Crippen molar-refractivity contribution in [1.82, 2.24) is 10.3 Å². The summed E-state index contributed by atoms with van der Waals surface area (Å²) in [7, 11) is 0. The molecular weight excluding hydrogens is 409 g/mol. The molecule has 1 aliphatic rings. The van der Waals surface area contributed by atoms with Crippen molar-refractivity contribution in [2.75, 3.05) is 11.9 Å². The van der Waals surface area contributed by atoms with Gasteiger partial charge in [-0.2, -0.15) is 0 Å². The highest BCUT2D eigenvalue weighted by Crippen LogP contribution is 2.39. The van der Waals surface area contributed by atoms with Crippen LogP contribution in [0.2, 0.25) is 0 Å². The first kappa shape index (κ1) is 21.2. The molecule has 2 aromatic carbocycles. The topological polar surface area (TPSA) is 46.2 Å². The standard InChI is InChI=1S/C25H26FN3OS/c26-20-11-9-19(10-12-20)25(15-5-2-6-16-25)18-28-24(31)29-21-13-14-23(27-17-21)30-22-7-3-1-4-8-22/h1,3-4,7-14,17H,2,5-6,15-16,18H2,(H2,28,29,31). The van der Waals surface area contributed by atoms with Crippen molar-refractivity contribution in [2.24, 2.45) is 0 Å². The van der Waals surface area contributed by atoms with Gasteiger partial charge >= 0.3 is 0 Å². The molecule has 0 aliphatic heterocycles. The van der Waals surface area contributed by atoms with Crippen molar-refractivity contribution in [1.29, 1.82) is 0 Å². The number of pyridine rings is 1. The number of rotatable bonds is 6. The third kappa shape index (κ3) is 5.58.